The van der Waals surface area contributed by atoms with Crippen LogP contribution in [0.15, 0.2) is 42.5 Å². The highest BCUT2D eigenvalue weighted by Gasteiger charge is 2.11. The van der Waals surface area contributed by atoms with Gasteiger partial charge >= 0.3 is 0 Å². The lowest BCUT2D eigenvalue weighted by molar-refractivity contribution is -0.871. The van der Waals surface area contributed by atoms with Crippen molar-refractivity contribution in [1.82, 2.24) is 0 Å². The van der Waals surface area contributed by atoms with Gasteiger partial charge in [-0.15, -0.1) is 0 Å². The SMILES string of the molecule is Cc1cccc(NC(=O)C[NH+](C)CCCOc2ccc(Cl)cc2)c1C. The van der Waals surface area contributed by atoms with Gasteiger partial charge in [-0.25, -0.2) is 0 Å². The fraction of sp³-hybridized carbons (Fsp3) is 0.350. The molecule has 0 aromatic heterocycles. The molecule has 25 heavy (non-hydrogen) atoms. The smallest absolute Gasteiger partial charge is 0.279 e. The van der Waals surface area contributed by atoms with Gasteiger partial charge in [-0.2, -0.15) is 0 Å². The maximum absolute atomic E-state index is 12.2. The molecular formula is C20H26ClN2O2+. The molecule has 0 fully saturated rings. The van der Waals surface area contributed by atoms with Gasteiger partial charge in [0.1, 0.15) is 5.75 Å². The van der Waals surface area contributed by atoms with Crippen LogP contribution < -0.4 is 15.0 Å². The molecule has 1 atom stereocenters. The van der Waals surface area contributed by atoms with E-state index in [4.69, 9.17) is 16.3 Å². The number of benzene rings is 2. The van der Waals surface area contributed by atoms with E-state index in [1.807, 2.05) is 63.4 Å². The third-order valence-corrected chi connectivity index (χ3v) is 4.42. The van der Waals surface area contributed by atoms with Crippen LogP contribution in [0.5, 0.6) is 5.75 Å². The Labute approximate surface area is 154 Å². The summed E-state index contributed by atoms with van der Waals surface area (Å²) in [5.41, 5.74) is 3.19. The van der Waals surface area contributed by atoms with Crippen LogP contribution in [-0.4, -0.2) is 32.7 Å². The summed E-state index contributed by atoms with van der Waals surface area (Å²) < 4.78 is 5.67. The standard InChI is InChI=1S/C20H25ClN2O2/c1-15-6-4-7-19(16(15)2)22-20(24)14-23(3)12-5-13-25-18-10-8-17(21)9-11-18/h4,6-11H,5,12-14H2,1-3H3,(H,22,24)/p+1. The Morgan fingerprint density at radius 3 is 2.60 bits per heavy atom. The van der Waals surface area contributed by atoms with Crippen molar-refractivity contribution in [3.8, 4) is 5.75 Å². The third kappa shape index (κ3) is 6.40. The highest BCUT2D eigenvalue weighted by Crippen LogP contribution is 2.17. The van der Waals surface area contributed by atoms with Crippen LogP contribution in [0, 0.1) is 13.8 Å². The number of ether oxygens (including phenoxy) is 1. The van der Waals surface area contributed by atoms with Crippen LogP contribution >= 0.6 is 11.6 Å². The molecule has 2 rings (SSSR count). The van der Waals surface area contributed by atoms with Gasteiger partial charge in [0.15, 0.2) is 6.54 Å². The molecule has 0 aliphatic heterocycles. The molecule has 0 radical (unpaired) electrons. The van der Waals surface area contributed by atoms with Crippen molar-refractivity contribution in [2.45, 2.75) is 20.3 Å². The van der Waals surface area contributed by atoms with Crippen molar-refractivity contribution in [1.29, 1.82) is 0 Å². The molecule has 0 aliphatic carbocycles. The lowest BCUT2D eigenvalue weighted by atomic mass is 10.1. The highest BCUT2D eigenvalue weighted by atomic mass is 35.5. The Balaban J connectivity index is 1.69. The minimum atomic E-state index is 0.0322. The topological polar surface area (TPSA) is 42.8 Å². The number of hydrogen-bond donors (Lipinski definition) is 2. The Kier molecular flexibility index (Phi) is 7.29. The van der Waals surface area contributed by atoms with Gasteiger partial charge < -0.3 is 15.0 Å². The number of hydrogen-bond acceptors (Lipinski definition) is 2. The first kappa shape index (κ1) is 19.3. The summed E-state index contributed by atoms with van der Waals surface area (Å²) in [4.78, 5) is 13.4. The molecule has 5 heteroatoms. The first-order valence-electron chi connectivity index (χ1n) is 8.51. The number of quaternary nitrogens is 1. The average Bonchev–Trinajstić information content (AvgIpc) is 2.57. The van der Waals surface area contributed by atoms with Crippen molar-refractivity contribution >= 4 is 23.2 Å². The van der Waals surface area contributed by atoms with E-state index in [0.717, 1.165) is 34.9 Å². The predicted molar refractivity (Wildman–Crippen MR) is 103 cm³/mol. The number of anilines is 1. The molecule has 0 heterocycles. The van der Waals surface area contributed by atoms with Gasteiger partial charge in [0, 0.05) is 17.1 Å². The van der Waals surface area contributed by atoms with Crippen LogP contribution in [0.1, 0.15) is 17.5 Å². The van der Waals surface area contributed by atoms with Crippen molar-refractivity contribution < 1.29 is 14.4 Å². The predicted octanol–water partition coefficient (Wildman–Crippen LogP) is 2.88. The van der Waals surface area contributed by atoms with E-state index < -0.39 is 0 Å². The first-order chi connectivity index (χ1) is 12.0. The molecule has 1 amide bonds. The monoisotopic (exact) mass is 361 g/mol. The molecule has 0 saturated carbocycles. The summed E-state index contributed by atoms with van der Waals surface area (Å²) in [7, 11) is 2.02. The second-order valence-corrected chi connectivity index (χ2v) is 6.77. The molecule has 134 valence electrons. The van der Waals surface area contributed by atoms with Crippen LogP contribution in [0.2, 0.25) is 5.02 Å². The molecule has 2 N–H and O–H groups in total. The lowest BCUT2D eigenvalue weighted by Crippen LogP contribution is -3.10. The summed E-state index contributed by atoms with van der Waals surface area (Å²) in [5.74, 6) is 0.847. The Morgan fingerprint density at radius 1 is 1.16 bits per heavy atom. The molecule has 2 aromatic carbocycles. The zero-order valence-corrected chi connectivity index (χ0v) is 15.8. The minimum Gasteiger partial charge on any atom is -0.493 e. The molecule has 0 spiro atoms. The van der Waals surface area contributed by atoms with Crippen molar-refractivity contribution in [2.24, 2.45) is 0 Å². The van der Waals surface area contributed by atoms with E-state index in [9.17, 15) is 4.79 Å². The summed E-state index contributed by atoms with van der Waals surface area (Å²) >= 11 is 5.84. The van der Waals surface area contributed by atoms with Crippen molar-refractivity contribution in [3.63, 3.8) is 0 Å². The van der Waals surface area contributed by atoms with Gasteiger partial charge in [-0.3, -0.25) is 4.79 Å². The number of amides is 1. The first-order valence-corrected chi connectivity index (χ1v) is 8.89. The summed E-state index contributed by atoms with van der Waals surface area (Å²) in [6.07, 6.45) is 0.880. The molecule has 0 saturated heterocycles. The highest BCUT2D eigenvalue weighted by molar-refractivity contribution is 6.30. The van der Waals surface area contributed by atoms with Gasteiger partial charge in [0.05, 0.1) is 20.2 Å². The summed E-state index contributed by atoms with van der Waals surface area (Å²) in [6, 6.07) is 13.3. The second-order valence-electron chi connectivity index (χ2n) is 6.34. The Morgan fingerprint density at radius 2 is 1.88 bits per heavy atom. The van der Waals surface area contributed by atoms with E-state index >= 15 is 0 Å². The molecule has 4 nitrogen and oxygen atoms in total. The van der Waals surface area contributed by atoms with Crippen molar-refractivity contribution in [2.75, 3.05) is 32.1 Å². The van der Waals surface area contributed by atoms with Crippen LogP contribution in [0.4, 0.5) is 5.69 Å². The quantitative estimate of drug-likeness (QED) is 0.710. The van der Waals surface area contributed by atoms with E-state index in [1.165, 1.54) is 5.56 Å². The fourth-order valence-corrected chi connectivity index (χ4v) is 2.66. The number of halogens is 1. The number of likely N-dealkylation sites (N-methyl/N-ethyl adjacent to an activating group) is 1. The Bertz CT molecular complexity index is 701. The minimum absolute atomic E-state index is 0.0322. The van der Waals surface area contributed by atoms with Gasteiger partial charge in [0.25, 0.3) is 5.91 Å². The Hall–Kier alpha value is -2.04. The molecule has 0 bridgehead atoms. The number of carbonyl (C=O) groups is 1. The van der Waals surface area contributed by atoms with Gasteiger partial charge in [-0.05, 0) is 55.3 Å². The number of carbonyl (C=O) groups excluding carboxylic acids is 1. The maximum Gasteiger partial charge on any atom is 0.279 e. The molecule has 2 aromatic rings. The second kappa shape index (κ2) is 9.44. The largest absolute Gasteiger partial charge is 0.493 e. The normalized spacial score (nSPS) is 11.8. The van der Waals surface area contributed by atoms with E-state index in [-0.39, 0.29) is 5.91 Å². The maximum atomic E-state index is 12.2. The molecule has 1 unspecified atom stereocenters. The van der Waals surface area contributed by atoms with Crippen LogP contribution in [0.3, 0.4) is 0 Å². The summed E-state index contributed by atoms with van der Waals surface area (Å²) in [5, 5.41) is 3.70. The van der Waals surface area contributed by atoms with Crippen LogP contribution in [0.25, 0.3) is 0 Å². The number of rotatable bonds is 8. The van der Waals surface area contributed by atoms with Gasteiger partial charge in [0.2, 0.25) is 0 Å². The number of nitrogens with one attached hydrogen (secondary N) is 2. The summed E-state index contributed by atoms with van der Waals surface area (Å²) in [6.45, 7) is 6.00. The van der Waals surface area contributed by atoms with Crippen LogP contribution in [-0.2, 0) is 4.79 Å². The van der Waals surface area contributed by atoms with Crippen molar-refractivity contribution in [3.05, 3.63) is 58.6 Å². The van der Waals surface area contributed by atoms with E-state index in [1.54, 1.807) is 0 Å². The number of aryl methyl sites for hydroxylation is 1. The lowest BCUT2D eigenvalue weighted by Gasteiger charge is -2.15. The molecular weight excluding hydrogens is 336 g/mol. The average molecular weight is 362 g/mol. The fourth-order valence-electron chi connectivity index (χ4n) is 2.54. The zero-order chi connectivity index (χ0) is 18.2. The van der Waals surface area contributed by atoms with E-state index in [2.05, 4.69) is 5.32 Å². The third-order valence-electron chi connectivity index (χ3n) is 4.17. The van der Waals surface area contributed by atoms with Gasteiger partial charge in [-0.1, -0.05) is 23.7 Å². The van der Waals surface area contributed by atoms with E-state index in [0.29, 0.717) is 18.2 Å². The zero-order valence-electron chi connectivity index (χ0n) is 15.1. The molecule has 0 aliphatic rings.